The van der Waals surface area contributed by atoms with Crippen LogP contribution < -0.4 is 11.1 Å². The Bertz CT molecular complexity index is 1500. The first-order valence-electron chi connectivity index (χ1n) is 10.2. The number of benzene rings is 1. The second-order valence-electron chi connectivity index (χ2n) is 7.11. The number of rotatable bonds is 4. The van der Waals surface area contributed by atoms with Crippen molar-refractivity contribution in [3.8, 4) is 23.7 Å². The van der Waals surface area contributed by atoms with Gasteiger partial charge in [0.05, 0.1) is 11.6 Å². The Hall–Kier alpha value is -5.40. The van der Waals surface area contributed by atoms with E-state index in [0.29, 0.717) is 22.3 Å². The Balaban J connectivity index is 0.00000115. The summed E-state index contributed by atoms with van der Waals surface area (Å²) in [4.78, 5) is 37.1. The van der Waals surface area contributed by atoms with Gasteiger partial charge in [-0.15, -0.1) is 0 Å². The molecule has 0 saturated carbocycles. The van der Waals surface area contributed by atoms with Gasteiger partial charge in [0.25, 0.3) is 12.4 Å². The predicted octanol–water partition coefficient (Wildman–Crippen LogP) is 0.401. The predicted molar refractivity (Wildman–Crippen MR) is 126 cm³/mol. The van der Waals surface area contributed by atoms with E-state index >= 15 is 0 Å². The van der Waals surface area contributed by atoms with Gasteiger partial charge in [0.1, 0.15) is 6.54 Å². The second-order valence-corrected chi connectivity index (χ2v) is 7.11. The van der Waals surface area contributed by atoms with Gasteiger partial charge in [-0.2, -0.15) is 15.3 Å². The number of anilines is 1. The summed E-state index contributed by atoms with van der Waals surface area (Å²) in [5.74, 6) is 5.75. The van der Waals surface area contributed by atoms with Crippen LogP contribution >= 0.6 is 0 Å². The Morgan fingerprint density at radius 1 is 1.25 bits per heavy atom. The first-order valence-corrected chi connectivity index (χ1v) is 10.2. The van der Waals surface area contributed by atoms with Crippen LogP contribution in [0.1, 0.15) is 28.8 Å². The van der Waals surface area contributed by atoms with E-state index in [2.05, 4.69) is 42.2 Å². The van der Waals surface area contributed by atoms with E-state index in [9.17, 15) is 9.90 Å². The number of nitrogens with two attached hydrogens (primary N) is 1. The van der Waals surface area contributed by atoms with E-state index in [1.807, 2.05) is 6.07 Å². The number of nitrogens with zero attached hydrogens (tertiary/aromatic N) is 7. The second kappa shape index (κ2) is 11.1. The van der Waals surface area contributed by atoms with Crippen LogP contribution in [0.3, 0.4) is 0 Å². The summed E-state index contributed by atoms with van der Waals surface area (Å²) < 4.78 is 1.44. The number of hydrogen-bond acceptors (Lipinski definition) is 10. The Labute approximate surface area is 204 Å². The molecule has 1 unspecified atom stereocenters. The van der Waals surface area contributed by atoms with Gasteiger partial charge in [0.15, 0.2) is 22.9 Å². The minimum atomic E-state index is -1.57. The lowest BCUT2D eigenvalue weighted by atomic mass is 10.1. The van der Waals surface area contributed by atoms with Crippen molar-refractivity contribution in [2.75, 3.05) is 12.3 Å². The summed E-state index contributed by atoms with van der Waals surface area (Å²) in [6.07, 6.45) is 4.52. The molecule has 0 saturated heterocycles. The summed E-state index contributed by atoms with van der Waals surface area (Å²) in [6, 6.07) is 10.2. The molecule has 3 heterocycles. The van der Waals surface area contributed by atoms with Crippen molar-refractivity contribution in [3.63, 3.8) is 0 Å². The summed E-state index contributed by atoms with van der Waals surface area (Å²) >= 11 is 0. The summed E-state index contributed by atoms with van der Waals surface area (Å²) in [7, 11) is 0. The van der Waals surface area contributed by atoms with Crippen molar-refractivity contribution in [3.05, 3.63) is 66.0 Å². The van der Waals surface area contributed by atoms with Crippen LogP contribution in [0.5, 0.6) is 0 Å². The zero-order valence-electron chi connectivity index (χ0n) is 18.8. The van der Waals surface area contributed by atoms with Crippen molar-refractivity contribution < 1.29 is 19.8 Å². The minimum Gasteiger partial charge on any atom is -0.483 e. The average molecular weight is 485 g/mol. The molecule has 180 valence electrons. The molecule has 0 fully saturated rings. The molecule has 0 aliphatic rings. The third-order valence-corrected chi connectivity index (χ3v) is 4.55. The quantitative estimate of drug-likeness (QED) is 0.177. The lowest BCUT2D eigenvalue weighted by Gasteiger charge is -2.13. The molecule has 0 aliphatic heterocycles. The van der Waals surface area contributed by atoms with Crippen LogP contribution in [-0.2, 0) is 10.4 Å². The fraction of sp³-hybridized carbons (Fsp3) is 0.130. The largest absolute Gasteiger partial charge is 0.483 e. The smallest absolute Gasteiger partial charge is 0.290 e. The van der Waals surface area contributed by atoms with Crippen LogP contribution in [0.15, 0.2) is 48.9 Å². The Kier molecular flexibility index (Phi) is 7.81. The molecule has 0 spiro atoms. The Morgan fingerprint density at radius 3 is 2.64 bits per heavy atom. The maximum atomic E-state index is 12.6. The molecule has 4 aromatic rings. The minimum absolute atomic E-state index is 0.0430. The number of carbonyl (C=O) groups is 2. The summed E-state index contributed by atoms with van der Waals surface area (Å²) in [5.41, 5.74) is 5.33. The number of aliphatic hydroxyl groups is 1. The lowest BCUT2D eigenvalue weighted by molar-refractivity contribution is -0.122. The molecule has 3 aromatic heterocycles. The van der Waals surface area contributed by atoms with Crippen molar-refractivity contribution >= 4 is 29.2 Å². The number of aromatic nitrogens is 6. The molecule has 1 atom stereocenters. The zero-order valence-corrected chi connectivity index (χ0v) is 18.8. The van der Waals surface area contributed by atoms with Crippen LogP contribution in [0.2, 0.25) is 0 Å². The fourth-order valence-corrected chi connectivity index (χ4v) is 3.02. The summed E-state index contributed by atoms with van der Waals surface area (Å²) in [5, 5.41) is 33.7. The highest BCUT2D eigenvalue weighted by atomic mass is 16.3. The van der Waals surface area contributed by atoms with Gasteiger partial charge in [-0.25, -0.2) is 19.6 Å². The number of nitrogen functional groups attached to an aromatic ring is 1. The number of nitriles is 1. The summed E-state index contributed by atoms with van der Waals surface area (Å²) in [6.45, 7) is 1.09. The molecule has 0 radical (unpaired) electrons. The molecular formula is C23H19N9O4. The van der Waals surface area contributed by atoms with E-state index in [-0.39, 0.29) is 30.5 Å². The first kappa shape index (κ1) is 25.2. The van der Waals surface area contributed by atoms with Crippen molar-refractivity contribution in [2.45, 2.75) is 12.5 Å². The van der Waals surface area contributed by atoms with E-state index in [0.717, 1.165) is 0 Å². The van der Waals surface area contributed by atoms with E-state index < -0.39 is 11.5 Å². The molecule has 0 bridgehead atoms. The topological polar surface area (TPSA) is 206 Å². The fourth-order valence-electron chi connectivity index (χ4n) is 3.02. The lowest BCUT2D eigenvalue weighted by Crippen LogP contribution is -2.24. The van der Waals surface area contributed by atoms with Crippen LogP contribution in [0.25, 0.3) is 16.7 Å². The molecule has 0 aliphatic carbocycles. The van der Waals surface area contributed by atoms with Crippen LogP contribution in [-0.4, -0.2) is 58.9 Å². The highest BCUT2D eigenvalue weighted by Gasteiger charge is 2.23. The number of nitrogens with one attached hydrogen (secondary N) is 1. The van der Waals surface area contributed by atoms with Crippen molar-refractivity contribution in [1.29, 1.82) is 5.26 Å². The molecule has 1 aromatic carbocycles. The van der Waals surface area contributed by atoms with Gasteiger partial charge in [0.2, 0.25) is 5.95 Å². The number of hydrogen-bond donors (Lipinski definition) is 4. The van der Waals surface area contributed by atoms with Gasteiger partial charge in [-0.05, 0) is 31.2 Å². The zero-order chi connectivity index (χ0) is 26.1. The molecule has 13 heteroatoms. The molecule has 13 nitrogen and oxygen atoms in total. The van der Waals surface area contributed by atoms with E-state index in [1.165, 1.54) is 30.2 Å². The normalized spacial score (nSPS) is 11.6. The molecule has 1 amide bonds. The van der Waals surface area contributed by atoms with Gasteiger partial charge >= 0.3 is 0 Å². The SMILES string of the molecule is CC(O)(C#Cc1ccc2c(C(=O)NCC#N)nn(-c3ccnc(N)n3)c2c1)c1ncccn1.O=CO. The maximum absolute atomic E-state index is 12.6. The number of amides is 1. The monoisotopic (exact) mass is 485 g/mol. The van der Waals surface area contributed by atoms with Gasteiger partial charge < -0.3 is 21.3 Å². The van der Waals surface area contributed by atoms with E-state index in [1.54, 1.807) is 30.3 Å². The first-order chi connectivity index (χ1) is 17.3. The van der Waals surface area contributed by atoms with Crippen LogP contribution in [0.4, 0.5) is 5.95 Å². The van der Waals surface area contributed by atoms with Gasteiger partial charge in [0, 0.05) is 35.6 Å². The highest BCUT2D eigenvalue weighted by molar-refractivity contribution is 6.05. The standard InChI is InChI=1S/C22H17N9O2.CH2O2/c1-22(33,20-26-9-2-10-27-20)7-5-14-3-4-15-16(13-14)31(17-6-11-28-21(24)29-17)30-18(15)19(32)25-12-8-23;2-1-3/h2-4,6,9-11,13,33H,12H2,1H3,(H,25,32)(H2,24,28,29);1H,(H,2,3). The molecule has 4 rings (SSSR count). The number of carbonyl (C=O) groups excluding carboxylic acids is 1. The molecular weight excluding hydrogens is 466 g/mol. The third kappa shape index (κ3) is 5.74. The van der Waals surface area contributed by atoms with Gasteiger partial charge in [-0.1, -0.05) is 11.8 Å². The average Bonchev–Trinajstić information content (AvgIpc) is 3.26. The number of fused-ring (bicyclic) bond motifs is 1. The highest BCUT2D eigenvalue weighted by Crippen LogP contribution is 2.23. The van der Waals surface area contributed by atoms with E-state index in [4.69, 9.17) is 20.9 Å². The molecule has 5 N–H and O–H groups in total. The van der Waals surface area contributed by atoms with Crippen LogP contribution in [0, 0.1) is 23.2 Å². The Morgan fingerprint density at radius 2 is 1.97 bits per heavy atom. The molecule has 36 heavy (non-hydrogen) atoms. The van der Waals surface area contributed by atoms with Crippen molar-refractivity contribution in [1.82, 2.24) is 35.0 Å². The third-order valence-electron chi connectivity index (χ3n) is 4.55. The van der Waals surface area contributed by atoms with Gasteiger partial charge in [-0.3, -0.25) is 9.59 Å². The maximum Gasteiger partial charge on any atom is 0.290 e. The van der Waals surface area contributed by atoms with Crippen molar-refractivity contribution in [2.24, 2.45) is 0 Å². The number of carboxylic acid groups (broad SMARTS) is 1.